The molecule has 2 N–H and O–H groups in total. The zero-order valence-electron chi connectivity index (χ0n) is 15.6. The van der Waals surface area contributed by atoms with Crippen molar-refractivity contribution in [2.75, 3.05) is 19.3 Å². The van der Waals surface area contributed by atoms with Gasteiger partial charge in [0.25, 0.3) is 0 Å². The molecule has 8 nitrogen and oxygen atoms in total. The molecule has 6 unspecified atom stereocenters. The van der Waals surface area contributed by atoms with Crippen molar-refractivity contribution in [3.8, 4) is 0 Å². The van der Waals surface area contributed by atoms with Gasteiger partial charge in [-0.2, -0.15) is 0 Å². The van der Waals surface area contributed by atoms with Gasteiger partial charge in [-0.25, -0.2) is 4.79 Å². The van der Waals surface area contributed by atoms with Crippen LogP contribution in [0.4, 0.5) is 0 Å². The third kappa shape index (κ3) is 3.21. The van der Waals surface area contributed by atoms with E-state index in [0.717, 1.165) is 0 Å². The lowest BCUT2D eigenvalue weighted by Crippen LogP contribution is -2.63. The number of carboxylic acids is 1. The largest absolute Gasteiger partial charge is 0.477 e. The van der Waals surface area contributed by atoms with Crippen LogP contribution in [0.2, 0.25) is 0 Å². The van der Waals surface area contributed by atoms with Crippen LogP contribution in [-0.4, -0.2) is 84.0 Å². The number of aliphatic hydroxyl groups is 1. The van der Waals surface area contributed by atoms with Crippen LogP contribution in [0.15, 0.2) is 10.6 Å². The first-order valence-electron chi connectivity index (χ1n) is 8.79. The molecule has 27 heavy (non-hydrogen) atoms. The Bertz CT molecular complexity index is 752. The maximum atomic E-state index is 12.4. The number of amides is 2. The van der Waals surface area contributed by atoms with E-state index < -0.39 is 28.8 Å². The van der Waals surface area contributed by atoms with Gasteiger partial charge < -0.3 is 20.0 Å². The number of fused-ring (bicyclic) bond motifs is 1. The average Bonchev–Trinajstić information content (AvgIpc) is 3.07. The first kappa shape index (κ1) is 20.3. The number of β-lactam (4-membered cyclic amide) rings is 1. The zero-order valence-corrected chi connectivity index (χ0v) is 17.2. The Morgan fingerprint density at radius 2 is 1.96 bits per heavy atom. The van der Waals surface area contributed by atoms with Gasteiger partial charge in [-0.1, -0.05) is 6.92 Å². The lowest BCUT2D eigenvalue weighted by Gasteiger charge is -2.46. The summed E-state index contributed by atoms with van der Waals surface area (Å²) in [5.41, 5.74) is -0.0405. The monoisotopic (exact) mass is 416 g/mol. The average molecular weight is 417 g/mol. The van der Waals surface area contributed by atoms with E-state index in [-0.39, 0.29) is 40.0 Å². The Kier molecular flexibility index (Phi) is 5.44. The fraction of sp³-hybridized carbons (Fsp3) is 0.706. The highest BCUT2D eigenvalue weighted by molar-refractivity contribution is 8.04. The standard InChI is InChI=1S/C17H24N2O6S2/c1-7-13-12(8(2)20)16(22)19(13)14(17(23)24)15(7)26-10-5-18(9(3)21)6-11(10)27(4)25/h7-8,10-13,20H,5-6H2,1-4H3,(H,23,24)/t7?,8?,10?,11?,12?,13-,27?/m1/s1. The van der Waals surface area contributed by atoms with Crippen LogP contribution >= 0.6 is 11.8 Å². The first-order chi connectivity index (χ1) is 12.6. The predicted molar refractivity (Wildman–Crippen MR) is 101 cm³/mol. The van der Waals surface area contributed by atoms with Gasteiger partial charge in [-0.3, -0.25) is 13.8 Å². The van der Waals surface area contributed by atoms with Crippen molar-refractivity contribution in [3.63, 3.8) is 0 Å². The summed E-state index contributed by atoms with van der Waals surface area (Å²) >= 11 is 1.32. The number of hydrogen-bond acceptors (Lipinski definition) is 6. The van der Waals surface area contributed by atoms with Gasteiger partial charge in [0.2, 0.25) is 11.8 Å². The van der Waals surface area contributed by atoms with Crippen LogP contribution < -0.4 is 0 Å². The number of rotatable bonds is 5. The number of carbonyl (C=O) groups is 3. The minimum absolute atomic E-state index is 0.0405. The number of thioether (sulfide) groups is 1. The number of aliphatic hydroxyl groups excluding tert-OH is 1. The molecule has 3 aliphatic heterocycles. The molecule has 3 aliphatic rings. The molecule has 3 rings (SSSR count). The summed E-state index contributed by atoms with van der Waals surface area (Å²) in [6, 6.07) is -0.373. The number of carbonyl (C=O) groups excluding carboxylic acids is 2. The molecule has 0 aromatic rings. The van der Waals surface area contributed by atoms with Crippen LogP contribution in [0.3, 0.4) is 0 Å². The highest BCUT2D eigenvalue weighted by atomic mass is 32.2. The van der Waals surface area contributed by atoms with Crippen LogP contribution in [0.5, 0.6) is 0 Å². The molecule has 150 valence electrons. The number of nitrogens with zero attached hydrogens (tertiary/aromatic N) is 2. The summed E-state index contributed by atoms with van der Waals surface area (Å²) in [6.45, 7) is 5.62. The van der Waals surface area contributed by atoms with E-state index in [0.29, 0.717) is 18.0 Å². The lowest BCUT2D eigenvalue weighted by molar-refractivity contribution is -0.163. The molecule has 2 fully saturated rings. The molecule has 0 spiro atoms. The van der Waals surface area contributed by atoms with Gasteiger partial charge in [-0.15, -0.1) is 11.8 Å². The molecule has 3 heterocycles. The molecule has 0 aromatic carbocycles. The smallest absolute Gasteiger partial charge is 0.353 e. The maximum Gasteiger partial charge on any atom is 0.353 e. The highest BCUT2D eigenvalue weighted by Gasteiger charge is 2.60. The number of likely N-dealkylation sites (tertiary alicyclic amines) is 1. The van der Waals surface area contributed by atoms with Gasteiger partial charge in [0.15, 0.2) is 0 Å². The molecule has 7 atom stereocenters. The molecule has 0 radical (unpaired) electrons. The summed E-state index contributed by atoms with van der Waals surface area (Å²) in [6.07, 6.45) is 0.739. The van der Waals surface area contributed by atoms with Crippen LogP contribution in [-0.2, 0) is 25.2 Å². The summed E-state index contributed by atoms with van der Waals surface area (Å²) in [7, 11) is -1.17. The molecular weight excluding hydrogens is 392 g/mol. The van der Waals surface area contributed by atoms with E-state index in [1.807, 2.05) is 6.92 Å². The molecule has 0 saturated carbocycles. The van der Waals surface area contributed by atoms with Crippen molar-refractivity contribution >= 4 is 40.3 Å². The number of aliphatic carboxylic acids is 1. The molecule has 2 amide bonds. The van der Waals surface area contributed by atoms with Gasteiger partial charge in [0.05, 0.1) is 23.3 Å². The van der Waals surface area contributed by atoms with E-state index >= 15 is 0 Å². The van der Waals surface area contributed by atoms with E-state index in [9.17, 15) is 28.8 Å². The topological polar surface area (TPSA) is 115 Å². The summed E-state index contributed by atoms with van der Waals surface area (Å²) in [5.74, 6) is -2.51. The second-order valence-corrected chi connectivity index (χ2v) is 10.3. The number of carboxylic acid groups (broad SMARTS) is 1. The lowest BCUT2D eigenvalue weighted by atomic mass is 9.79. The zero-order chi connectivity index (χ0) is 20.2. The van der Waals surface area contributed by atoms with Crippen molar-refractivity contribution in [3.05, 3.63) is 10.6 Å². The fourth-order valence-electron chi connectivity index (χ4n) is 4.27. The van der Waals surface area contributed by atoms with Crippen LogP contribution in [0.1, 0.15) is 20.8 Å². The third-order valence-electron chi connectivity index (χ3n) is 5.68. The Balaban J connectivity index is 1.91. The second-order valence-electron chi connectivity index (χ2n) is 7.39. The van der Waals surface area contributed by atoms with Crippen molar-refractivity contribution in [2.45, 2.75) is 43.4 Å². The van der Waals surface area contributed by atoms with Crippen molar-refractivity contribution in [1.82, 2.24) is 9.80 Å². The summed E-state index contributed by atoms with van der Waals surface area (Å²) < 4.78 is 12.2. The summed E-state index contributed by atoms with van der Waals surface area (Å²) in [5, 5.41) is 19.1. The molecule has 0 aliphatic carbocycles. The van der Waals surface area contributed by atoms with Crippen molar-refractivity contribution < 1.29 is 28.8 Å². The molecular formula is C17H24N2O6S2. The van der Waals surface area contributed by atoms with E-state index in [4.69, 9.17) is 0 Å². The van der Waals surface area contributed by atoms with E-state index in [1.165, 1.54) is 30.5 Å². The van der Waals surface area contributed by atoms with E-state index in [1.54, 1.807) is 11.2 Å². The Labute approximate surface area is 164 Å². The minimum atomic E-state index is -1.18. The molecule has 0 aromatic heterocycles. The Morgan fingerprint density at radius 1 is 1.33 bits per heavy atom. The Morgan fingerprint density at radius 3 is 2.44 bits per heavy atom. The fourth-order valence-corrected chi connectivity index (χ4v) is 7.28. The predicted octanol–water partition coefficient (Wildman–Crippen LogP) is -0.149. The normalized spacial score (nSPS) is 35.1. The number of hydrogen-bond donors (Lipinski definition) is 2. The van der Waals surface area contributed by atoms with Crippen molar-refractivity contribution in [2.24, 2.45) is 11.8 Å². The molecule has 10 heteroatoms. The van der Waals surface area contributed by atoms with Gasteiger partial charge >= 0.3 is 5.97 Å². The SMILES string of the molecule is CC(=O)N1CC(SC2=C(C(=O)O)N3C(=O)C(C(C)O)[C@H]3C2C)C(S(C)=O)C1. The first-order valence-corrected chi connectivity index (χ1v) is 11.3. The van der Waals surface area contributed by atoms with Crippen molar-refractivity contribution in [1.29, 1.82) is 0 Å². The maximum absolute atomic E-state index is 12.4. The molecule has 0 bridgehead atoms. The summed E-state index contributed by atoms with van der Waals surface area (Å²) in [4.78, 5) is 39.5. The van der Waals surface area contributed by atoms with E-state index in [2.05, 4.69) is 0 Å². The Hall–Kier alpha value is -1.39. The quantitative estimate of drug-likeness (QED) is 0.599. The minimum Gasteiger partial charge on any atom is -0.477 e. The molecule has 2 saturated heterocycles. The third-order valence-corrected chi connectivity index (χ3v) is 8.78. The highest BCUT2D eigenvalue weighted by Crippen LogP contribution is 2.52. The van der Waals surface area contributed by atoms with Gasteiger partial charge in [0.1, 0.15) is 5.70 Å². The van der Waals surface area contributed by atoms with Crippen LogP contribution in [0.25, 0.3) is 0 Å². The van der Waals surface area contributed by atoms with Gasteiger partial charge in [0, 0.05) is 53.1 Å². The van der Waals surface area contributed by atoms with Gasteiger partial charge in [-0.05, 0) is 6.92 Å². The second kappa shape index (κ2) is 7.21. The van der Waals surface area contributed by atoms with Crippen LogP contribution in [0, 0.1) is 11.8 Å².